The second kappa shape index (κ2) is 4.61. The van der Waals surface area contributed by atoms with Crippen molar-refractivity contribution < 1.29 is 4.79 Å². The number of ketones is 1. The smallest absolute Gasteiger partial charge is 0.172 e. The van der Waals surface area contributed by atoms with Gasteiger partial charge in [-0.2, -0.15) is 5.10 Å². The minimum Gasteiger partial charge on any atom is -0.294 e. The number of fused-ring (bicyclic) bond motifs is 1. The molecule has 0 atom stereocenters. The molecule has 3 rings (SSSR count). The third kappa shape index (κ3) is 2.10. The highest BCUT2D eigenvalue weighted by atomic mass is 16.1. The van der Waals surface area contributed by atoms with Crippen molar-refractivity contribution in [3.05, 3.63) is 54.2 Å². The van der Waals surface area contributed by atoms with Crippen molar-refractivity contribution in [3.63, 3.8) is 0 Å². The van der Waals surface area contributed by atoms with E-state index in [-0.39, 0.29) is 12.2 Å². The van der Waals surface area contributed by atoms with Crippen LogP contribution in [0, 0.1) is 0 Å². The molecule has 5 nitrogen and oxygen atoms in total. The van der Waals surface area contributed by atoms with Crippen LogP contribution in [0.15, 0.2) is 42.9 Å². The molecule has 0 spiro atoms. The molecule has 94 valence electrons. The monoisotopic (exact) mass is 252 g/mol. The van der Waals surface area contributed by atoms with Gasteiger partial charge in [0.05, 0.1) is 11.9 Å². The summed E-state index contributed by atoms with van der Waals surface area (Å²) < 4.78 is 1.61. The zero-order chi connectivity index (χ0) is 13.2. The molecule has 3 aromatic rings. The van der Waals surface area contributed by atoms with E-state index in [0.29, 0.717) is 11.4 Å². The number of para-hydroxylation sites is 1. The van der Waals surface area contributed by atoms with Gasteiger partial charge in [-0.3, -0.25) is 14.5 Å². The van der Waals surface area contributed by atoms with Gasteiger partial charge in [-0.1, -0.05) is 18.2 Å². The van der Waals surface area contributed by atoms with Crippen LogP contribution in [0.4, 0.5) is 0 Å². The summed E-state index contributed by atoms with van der Waals surface area (Å²) in [5.41, 5.74) is 1.36. The largest absolute Gasteiger partial charge is 0.294 e. The minimum atomic E-state index is 0.000370. The van der Waals surface area contributed by atoms with Crippen molar-refractivity contribution in [1.29, 1.82) is 0 Å². The first-order valence-electron chi connectivity index (χ1n) is 5.95. The first-order chi connectivity index (χ1) is 9.25. The lowest BCUT2D eigenvalue weighted by molar-refractivity contribution is 0.0991. The fourth-order valence-electron chi connectivity index (χ4n) is 2.05. The number of hydrogen-bond acceptors (Lipinski definition) is 4. The average molecular weight is 252 g/mol. The van der Waals surface area contributed by atoms with E-state index in [1.165, 1.54) is 6.33 Å². The van der Waals surface area contributed by atoms with Crippen LogP contribution in [0.1, 0.15) is 16.2 Å². The Morgan fingerprint density at radius 2 is 2.05 bits per heavy atom. The maximum Gasteiger partial charge on any atom is 0.172 e. The normalized spacial score (nSPS) is 10.8. The Morgan fingerprint density at radius 3 is 2.84 bits per heavy atom. The highest BCUT2D eigenvalue weighted by Gasteiger charge is 2.14. The number of nitrogens with zero attached hydrogens (tertiary/aromatic N) is 4. The summed E-state index contributed by atoms with van der Waals surface area (Å²) in [7, 11) is 1.77. The molecule has 0 aliphatic heterocycles. The molecule has 0 unspecified atom stereocenters. The van der Waals surface area contributed by atoms with Crippen LogP contribution >= 0.6 is 0 Å². The van der Waals surface area contributed by atoms with Gasteiger partial charge in [0.2, 0.25) is 0 Å². The zero-order valence-electron chi connectivity index (χ0n) is 10.4. The first kappa shape index (κ1) is 11.5. The first-order valence-corrected chi connectivity index (χ1v) is 5.95. The Kier molecular flexibility index (Phi) is 2.79. The van der Waals surface area contributed by atoms with Crippen LogP contribution in [-0.4, -0.2) is 25.5 Å². The molecule has 5 heteroatoms. The fourth-order valence-corrected chi connectivity index (χ4v) is 2.05. The molecule has 0 fully saturated rings. The molecule has 19 heavy (non-hydrogen) atoms. The molecule has 0 bridgehead atoms. The minimum absolute atomic E-state index is 0.000370. The van der Waals surface area contributed by atoms with Crippen molar-refractivity contribution in [1.82, 2.24) is 19.7 Å². The van der Waals surface area contributed by atoms with E-state index in [0.717, 1.165) is 10.9 Å². The van der Waals surface area contributed by atoms with E-state index in [9.17, 15) is 4.79 Å². The predicted molar refractivity (Wildman–Crippen MR) is 70.8 cm³/mol. The molecular weight excluding hydrogens is 240 g/mol. The van der Waals surface area contributed by atoms with Gasteiger partial charge < -0.3 is 0 Å². The fraction of sp³-hybridized carbons (Fsp3) is 0.143. The van der Waals surface area contributed by atoms with Crippen LogP contribution < -0.4 is 0 Å². The van der Waals surface area contributed by atoms with Gasteiger partial charge in [0, 0.05) is 24.2 Å². The molecule has 0 N–H and O–H groups in total. The quantitative estimate of drug-likeness (QED) is 0.667. The van der Waals surface area contributed by atoms with E-state index in [1.54, 1.807) is 24.0 Å². The topological polar surface area (TPSA) is 60.7 Å². The van der Waals surface area contributed by atoms with Crippen molar-refractivity contribution in [2.24, 2.45) is 7.05 Å². The molecule has 2 heterocycles. The van der Waals surface area contributed by atoms with Crippen molar-refractivity contribution in [3.8, 4) is 0 Å². The molecule has 0 amide bonds. The SMILES string of the molecule is Cn1ncnc1CC(=O)c1cccc2cccnc12. The van der Waals surface area contributed by atoms with Crippen molar-refractivity contribution >= 4 is 16.7 Å². The average Bonchev–Trinajstić information content (AvgIpc) is 2.83. The van der Waals surface area contributed by atoms with Crippen LogP contribution in [0.5, 0.6) is 0 Å². The highest BCUT2D eigenvalue weighted by Crippen LogP contribution is 2.17. The number of rotatable bonds is 3. The summed E-state index contributed by atoms with van der Waals surface area (Å²) in [4.78, 5) is 20.7. The van der Waals surface area contributed by atoms with Gasteiger partial charge in [0.15, 0.2) is 5.78 Å². The van der Waals surface area contributed by atoms with Gasteiger partial charge in [0.1, 0.15) is 12.2 Å². The molecule has 0 saturated carbocycles. The standard InChI is InChI=1S/C14H12N4O/c1-18-13(16-9-17-18)8-12(19)11-6-2-4-10-5-3-7-15-14(10)11/h2-7,9H,8H2,1H3. The number of benzene rings is 1. The summed E-state index contributed by atoms with van der Waals surface area (Å²) in [6, 6.07) is 9.42. The van der Waals surface area contributed by atoms with E-state index in [1.807, 2.05) is 24.3 Å². The number of aryl methyl sites for hydroxylation is 1. The summed E-state index contributed by atoms with van der Waals surface area (Å²) in [5, 5.41) is 4.93. The molecular formula is C14H12N4O. The van der Waals surface area contributed by atoms with Gasteiger partial charge in [-0.05, 0) is 12.1 Å². The van der Waals surface area contributed by atoms with Gasteiger partial charge in [-0.15, -0.1) is 0 Å². The Labute approximate surface area is 109 Å². The number of hydrogen-bond donors (Lipinski definition) is 0. The number of aromatic nitrogens is 4. The van der Waals surface area contributed by atoms with E-state index in [4.69, 9.17) is 0 Å². The van der Waals surface area contributed by atoms with E-state index in [2.05, 4.69) is 15.1 Å². The lowest BCUT2D eigenvalue weighted by atomic mass is 10.0. The number of pyridine rings is 1. The highest BCUT2D eigenvalue weighted by molar-refractivity contribution is 6.07. The van der Waals surface area contributed by atoms with Crippen molar-refractivity contribution in [2.45, 2.75) is 6.42 Å². The number of carbonyl (C=O) groups excluding carboxylic acids is 1. The third-order valence-electron chi connectivity index (χ3n) is 3.06. The summed E-state index contributed by atoms with van der Waals surface area (Å²) in [5.74, 6) is 0.651. The molecule has 0 aliphatic rings. The Balaban J connectivity index is 2.00. The van der Waals surface area contributed by atoms with Gasteiger partial charge in [-0.25, -0.2) is 4.98 Å². The number of Topliss-reactive ketones (excluding diaryl/α,β-unsaturated/α-hetero) is 1. The molecule has 1 aromatic carbocycles. The van der Waals surface area contributed by atoms with Crippen LogP contribution in [-0.2, 0) is 13.5 Å². The molecule has 0 saturated heterocycles. The van der Waals surface area contributed by atoms with E-state index >= 15 is 0 Å². The van der Waals surface area contributed by atoms with E-state index < -0.39 is 0 Å². The maximum absolute atomic E-state index is 12.4. The molecule has 0 radical (unpaired) electrons. The van der Waals surface area contributed by atoms with Crippen LogP contribution in [0.25, 0.3) is 10.9 Å². The van der Waals surface area contributed by atoms with Crippen LogP contribution in [0.2, 0.25) is 0 Å². The molecule has 2 aromatic heterocycles. The number of carbonyl (C=O) groups is 1. The van der Waals surface area contributed by atoms with Crippen LogP contribution in [0.3, 0.4) is 0 Å². The second-order valence-corrected chi connectivity index (χ2v) is 4.28. The van der Waals surface area contributed by atoms with Gasteiger partial charge in [0.25, 0.3) is 0 Å². The summed E-state index contributed by atoms with van der Waals surface area (Å²) in [6.45, 7) is 0. The summed E-state index contributed by atoms with van der Waals surface area (Å²) >= 11 is 0. The lowest BCUT2D eigenvalue weighted by Gasteiger charge is -2.04. The lowest BCUT2D eigenvalue weighted by Crippen LogP contribution is -2.09. The molecule has 0 aliphatic carbocycles. The van der Waals surface area contributed by atoms with Crippen molar-refractivity contribution in [2.75, 3.05) is 0 Å². The Morgan fingerprint density at radius 1 is 1.21 bits per heavy atom. The van der Waals surface area contributed by atoms with Gasteiger partial charge >= 0.3 is 0 Å². The zero-order valence-corrected chi connectivity index (χ0v) is 10.4. The summed E-state index contributed by atoms with van der Waals surface area (Å²) in [6.07, 6.45) is 3.37. The Bertz CT molecular complexity index is 743. The Hall–Kier alpha value is -2.56. The third-order valence-corrected chi connectivity index (χ3v) is 3.06. The second-order valence-electron chi connectivity index (χ2n) is 4.28. The maximum atomic E-state index is 12.4. The predicted octanol–water partition coefficient (Wildman–Crippen LogP) is 1.79.